The highest BCUT2D eigenvalue weighted by Crippen LogP contribution is 2.38. The second-order valence-corrected chi connectivity index (χ2v) is 6.64. The van der Waals surface area contributed by atoms with E-state index in [4.69, 9.17) is 4.74 Å². The molecule has 17 heavy (non-hydrogen) atoms. The van der Waals surface area contributed by atoms with E-state index in [-0.39, 0.29) is 0 Å². The predicted molar refractivity (Wildman–Crippen MR) is 76.7 cm³/mol. The monoisotopic (exact) mass is 302 g/mol. The van der Waals surface area contributed by atoms with Crippen molar-refractivity contribution in [3.63, 3.8) is 0 Å². The molecule has 0 heterocycles. The van der Waals surface area contributed by atoms with Crippen molar-refractivity contribution < 1.29 is 4.74 Å². The Labute approximate surface area is 115 Å². The van der Waals surface area contributed by atoms with Crippen molar-refractivity contribution in [1.29, 1.82) is 0 Å². The molecule has 2 heteroatoms. The standard InChI is InChI=1S/C15H27BrO/c16-11-4-12-17-15-9-7-14(8-10-15)13-5-2-1-3-6-13/h13-15H,1-12H2. The number of halogens is 1. The SMILES string of the molecule is BrCCCOC1CCC(C2CCCCC2)CC1. The topological polar surface area (TPSA) is 9.23 Å². The first kappa shape index (κ1) is 13.9. The molecule has 0 aromatic carbocycles. The molecule has 2 saturated carbocycles. The molecule has 0 aliphatic heterocycles. The minimum atomic E-state index is 0.578. The molecule has 0 amide bonds. The summed E-state index contributed by atoms with van der Waals surface area (Å²) in [6, 6.07) is 0. The van der Waals surface area contributed by atoms with Gasteiger partial charge in [-0.1, -0.05) is 48.0 Å². The van der Waals surface area contributed by atoms with Gasteiger partial charge in [-0.3, -0.25) is 0 Å². The molecule has 100 valence electrons. The van der Waals surface area contributed by atoms with Crippen LogP contribution in [0, 0.1) is 11.8 Å². The van der Waals surface area contributed by atoms with Crippen LogP contribution in [0.1, 0.15) is 64.2 Å². The van der Waals surface area contributed by atoms with Crippen LogP contribution in [0.5, 0.6) is 0 Å². The summed E-state index contributed by atoms with van der Waals surface area (Å²) in [6.45, 7) is 0.948. The van der Waals surface area contributed by atoms with E-state index in [0.717, 1.165) is 30.2 Å². The molecule has 0 atom stereocenters. The fourth-order valence-corrected chi connectivity index (χ4v) is 3.87. The van der Waals surface area contributed by atoms with Crippen LogP contribution < -0.4 is 0 Å². The fourth-order valence-electron chi connectivity index (χ4n) is 3.64. The highest BCUT2D eigenvalue weighted by molar-refractivity contribution is 9.09. The third-order valence-corrected chi connectivity index (χ3v) is 5.23. The second kappa shape index (κ2) is 7.78. The maximum absolute atomic E-state index is 5.93. The van der Waals surface area contributed by atoms with Gasteiger partial charge in [0, 0.05) is 11.9 Å². The van der Waals surface area contributed by atoms with Crippen LogP contribution in [0.3, 0.4) is 0 Å². The first-order valence-corrected chi connectivity index (χ1v) is 8.70. The Morgan fingerprint density at radius 2 is 1.47 bits per heavy atom. The van der Waals surface area contributed by atoms with Crippen LogP contribution in [0.25, 0.3) is 0 Å². The number of rotatable bonds is 5. The van der Waals surface area contributed by atoms with Crippen molar-refractivity contribution in [3.8, 4) is 0 Å². The molecule has 2 fully saturated rings. The van der Waals surface area contributed by atoms with Gasteiger partial charge >= 0.3 is 0 Å². The van der Waals surface area contributed by atoms with Crippen molar-refractivity contribution in [2.75, 3.05) is 11.9 Å². The Kier molecular flexibility index (Phi) is 6.35. The largest absolute Gasteiger partial charge is 0.378 e. The Hall–Kier alpha value is 0.440. The van der Waals surface area contributed by atoms with Gasteiger partial charge in [-0.05, 0) is 43.9 Å². The van der Waals surface area contributed by atoms with Crippen LogP contribution in [-0.2, 0) is 4.74 Å². The van der Waals surface area contributed by atoms with Gasteiger partial charge in [-0.25, -0.2) is 0 Å². The van der Waals surface area contributed by atoms with E-state index >= 15 is 0 Å². The molecule has 2 aliphatic carbocycles. The lowest BCUT2D eigenvalue weighted by Crippen LogP contribution is -2.27. The number of ether oxygens (including phenoxy) is 1. The van der Waals surface area contributed by atoms with E-state index in [1.54, 1.807) is 0 Å². The molecule has 0 N–H and O–H groups in total. The maximum atomic E-state index is 5.93. The van der Waals surface area contributed by atoms with Gasteiger partial charge in [-0.15, -0.1) is 0 Å². The zero-order valence-corrected chi connectivity index (χ0v) is 12.6. The second-order valence-electron chi connectivity index (χ2n) is 5.85. The molecule has 0 saturated heterocycles. The molecule has 0 aromatic rings. The van der Waals surface area contributed by atoms with Crippen LogP contribution in [0.15, 0.2) is 0 Å². The van der Waals surface area contributed by atoms with Crippen molar-refractivity contribution >= 4 is 15.9 Å². The zero-order chi connectivity index (χ0) is 11.9. The first-order valence-electron chi connectivity index (χ1n) is 7.57. The molecule has 1 nitrogen and oxygen atoms in total. The van der Waals surface area contributed by atoms with Crippen molar-refractivity contribution in [3.05, 3.63) is 0 Å². The molecule has 0 aromatic heterocycles. The van der Waals surface area contributed by atoms with Crippen molar-refractivity contribution in [2.45, 2.75) is 70.3 Å². The molecule has 2 aliphatic rings. The Bertz CT molecular complexity index is 193. The minimum Gasteiger partial charge on any atom is -0.378 e. The lowest BCUT2D eigenvalue weighted by atomic mass is 9.73. The third kappa shape index (κ3) is 4.55. The molecular formula is C15H27BrO. The lowest BCUT2D eigenvalue weighted by molar-refractivity contribution is 0.00914. The molecule has 2 rings (SSSR count). The van der Waals surface area contributed by atoms with Gasteiger partial charge in [0.2, 0.25) is 0 Å². The van der Waals surface area contributed by atoms with Gasteiger partial charge in [0.25, 0.3) is 0 Å². The van der Waals surface area contributed by atoms with Crippen LogP contribution in [0.4, 0.5) is 0 Å². The summed E-state index contributed by atoms with van der Waals surface area (Å²) in [4.78, 5) is 0. The quantitative estimate of drug-likeness (QED) is 0.517. The summed E-state index contributed by atoms with van der Waals surface area (Å²) < 4.78 is 5.93. The average molecular weight is 303 g/mol. The molecule has 0 radical (unpaired) electrons. The van der Waals surface area contributed by atoms with Crippen molar-refractivity contribution in [2.24, 2.45) is 11.8 Å². The Balaban J connectivity index is 1.63. The number of hydrogen-bond acceptors (Lipinski definition) is 1. The summed E-state index contributed by atoms with van der Waals surface area (Å²) in [6.07, 6.45) is 14.7. The normalized spacial score (nSPS) is 31.6. The maximum Gasteiger partial charge on any atom is 0.0575 e. The molecule has 0 spiro atoms. The summed E-state index contributed by atoms with van der Waals surface area (Å²) in [5.41, 5.74) is 0. The summed E-state index contributed by atoms with van der Waals surface area (Å²) in [5, 5.41) is 1.07. The number of hydrogen-bond donors (Lipinski definition) is 0. The van der Waals surface area contributed by atoms with Gasteiger partial charge in [0.1, 0.15) is 0 Å². The zero-order valence-electron chi connectivity index (χ0n) is 11.0. The smallest absolute Gasteiger partial charge is 0.0575 e. The minimum absolute atomic E-state index is 0.578. The molecular weight excluding hydrogens is 276 g/mol. The van der Waals surface area contributed by atoms with E-state index in [1.807, 2.05) is 0 Å². The highest BCUT2D eigenvalue weighted by atomic mass is 79.9. The lowest BCUT2D eigenvalue weighted by Gasteiger charge is -2.35. The van der Waals surface area contributed by atoms with Gasteiger partial charge < -0.3 is 4.74 Å². The van der Waals surface area contributed by atoms with Crippen LogP contribution in [-0.4, -0.2) is 18.0 Å². The Morgan fingerprint density at radius 3 is 2.12 bits per heavy atom. The summed E-state index contributed by atoms with van der Waals surface area (Å²) in [5.74, 6) is 2.10. The van der Waals surface area contributed by atoms with E-state index in [1.165, 1.54) is 57.8 Å². The van der Waals surface area contributed by atoms with E-state index in [9.17, 15) is 0 Å². The Morgan fingerprint density at radius 1 is 0.824 bits per heavy atom. The van der Waals surface area contributed by atoms with Gasteiger partial charge in [0.15, 0.2) is 0 Å². The summed E-state index contributed by atoms with van der Waals surface area (Å²) in [7, 11) is 0. The average Bonchev–Trinajstić information content (AvgIpc) is 2.41. The van der Waals surface area contributed by atoms with E-state index < -0.39 is 0 Å². The van der Waals surface area contributed by atoms with Gasteiger partial charge in [-0.2, -0.15) is 0 Å². The van der Waals surface area contributed by atoms with Crippen LogP contribution in [0.2, 0.25) is 0 Å². The predicted octanol–water partition coefficient (Wildman–Crippen LogP) is 4.93. The highest BCUT2D eigenvalue weighted by Gasteiger charge is 2.28. The van der Waals surface area contributed by atoms with Gasteiger partial charge in [0.05, 0.1) is 6.10 Å². The van der Waals surface area contributed by atoms with Crippen LogP contribution >= 0.6 is 15.9 Å². The van der Waals surface area contributed by atoms with Crippen molar-refractivity contribution in [1.82, 2.24) is 0 Å². The number of alkyl halides is 1. The molecule has 0 unspecified atom stereocenters. The van der Waals surface area contributed by atoms with E-state index in [2.05, 4.69) is 15.9 Å². The van der Waals surface area contributed by atoms with E-state index in [0.29, 0.717) is 6.10 Å². The fraction of sp³-hybridized carbons (Fsp3) is 1.00. The molecule has 0 bridgehead atoms. The summed E-state index contributed by atoms with van der Waals surface area (Å²) >= 11 is 3.46. The third-order valence-electron chi connectivity index (χ3n) is 4.67. The first-order chi connectivity index (χ1) is 8.40.